The minimum Gasteiger partial charge on any atom is -1.00 e. The van der Waals surface area contributed by atoms with Crippen molar-refractivity contribution in [3.05, 3.63) is 83.0 Å². The van der Waals surface area contributed by atoms with E-state index in [0.717, 1.165) is 19.3 Å². The number of benzene rings is 2. The van der Waals surface area contributed by atoms with Gasteiger partial charge in [0.15, 0.2) is 0 Å². The number of allylic oxidation sites excluding steroid dienone is 4. The van der Waals surface area contributed by atoms with Gasteiger partial charge in [0.2, 0.25) is 0 Å². The first-order valence-corrected chi connectivity index (χ1v) is 6.95. The predicted octanol–water partition coefficient (Wildman–Crippen LogP) is -1.31. The molecule has 0 saturated heterocycles. The zero-order chi connectivity index (χ0) is 12.7. The van der Waals surface area contributed by atoms with Crippen molar-refractivity contribution in [2.24, 2.45) is 0 Å². The van der Waals surface area contributed by atoms with E-state index in [-0.39, 0.29) is 50.7 Å². The molecule has 3 heteroatoms. The van der Waals surface area contributed by atoms with E-state index in [0.29, 0.717) is 0 Å². The third-order valence-electron chi connectivity index (χ3n) is 4.21. The van der Waals surface area contributed by atoms with Crippen LogP contribution >= 0.6 is 0 Å². The van der Waals surface area contributed by atoms with Crippen LogP contribution < -0.4 is 24.8 Å². The molecule has 22 heavy (non-hydrogen) atoms. The number of hydrogen-bond acceptors (Lipinski definition) is 0. The molecule has 2 aromatic carbocycles. The summed E-state index contributed by atoms with van der Waals surface area (Å²) in [5.41, 5.74) is 8.92. The summed E-state index contributed by atoms with van der Waals surface area (Å²) >= 11 is 0. The monoisotopic (exact) mass is 494 g/mol. The van der Waals surface area contributed by atoms with Crippen LogP contribution in [0.25, 0.3) is 11.1 Å². The normalized spacial score (nSPS) is 13.2. The fourth-order valence-electron chi connectivity index (χ4n) is 3.26. The topological polar surface area (TPSA) is 0 Å². The van der Waals surface area contributed by atoms with Crippen molar-refractivity contribution in [3.8, 4) is 11.1 Å². The van der Waals surface area contributed by atoms with Crippen molar-refractivity contribution >= 4 is 0 Å². The van der Waals surface area contributed by atoms with Crippen molar-refractivity contribution in [1.82, 2.24) is 0 Å². The van der Waals surface area contributed by atoms with Gasteiger partial charge in [0.1, 0.15) is 0 Å². The molecule has 0 aliphatic heterocycles. The van der Waals surface area contributed by atoms with Gasteiger partial charge in [0.25, 0.3) is 0 Å². The molecule has 0 unspecified atom stereocenters. The van der Waals surface area contributed by atoms with Gasteiger partial charge in [-0.05, 0) is 47.1 Å². The van der Waals surface area contributed by atoms with Gasteiger partial charge in [0, 0.05) is 0 Å². The first-order valence-electron chi connectivity index (χ1n) is 6.95. The fourth-order valence-corrected chi connectivity index (χ4v) is 3.26. The second kappa shape index (κ2) is 8.29. The maximum Gasteiger partial charge on any atom is 4.00 e. The number of halogens is 2. The SMILES string of the molecule is C1=CCC(Cc2cccc3c2Cc2ccccc2-3)=C1.[Cl-].[Cl-].[Hf+4]. The van der Waals surface area contributed by atoms with E-state index in [2.05, 4.69) is 60.7 Å². The summed E-state index contributed by atoms with van der Waals surface area (Å²) in [4.78, 5) is 0. The van der Waals surface area contributed by atoms with E-state index in [9.17, 15) is 0 Å². The van der Waals surface area contributed by atoms with E-state index < -0.39 is 0 Å². The van der Waals surface area contributed by atoms with Crippen LogP contribution in [0.2, 0.25) is 0 Å². The van der Waals surface area contributed by atoms with Crippen LogP contribution in [0, 0.1) is 0 Å². The van der Waals surface area contributed by atoms with Gasteiger partial charge in [-0.25, -0.2) is 0 Å². The van der Waals surface area contributed by atoms with E-state index in [1.165, 1.54) is 33.4 Å². The molecule has 0 fully saturated rings. The Labute approximate surface area is 163 Å². The third-order valence-corrected chi connectivity index (χ3v) is 4.21. The van der Waals surface area contributed by atoms with Crippen LogP contribution in [-0.4, -0.2) is 0 Å². The summed E-state index contributed by atoms with van der Waals surface area (Å²) in [6.45, 7) is 0. The molecule has 0 spiro atoms. The van der Waals surface area contributed by atoms with Crippen molar-refractivity contribution < 1.29 is 50.7 Å². The summed E-state index contributed by atoms with van der Waals surface area (Å²) < 4.78 is 0. The second-order valence-corrected chi connectivity index (χ2v) is 5.41. The van der Waals surface area contributed by atoms with Crippen LogP contribution in [-0.2, 0) is 38.7 Å². The minimum absolute atomic E-state index is 0. The summed E-state index contributed by atoms with van der Waals surface area (Å²) in [7, 11) is 0. The first-order chi connectivity index (χ1) is 9.42. The summed E-state index contributed by atoms with van der Waals surface area (Å²) in [6.07, 6.45) is 10.0. The van der Waals surface area contributed by atoms with Gasteiger partial charge < -0.3 is 24.8 Å². The molecular formula is C19H16Cl2Hf+2. The molecule has 0 atom stereocenters. The average molecular weight is 494 g/mol. The standard InChI is InChI=1S/C19H16.2ClH.Hf/c1-2-7-14(6-1)12-15-9-5-11-18-17-10-4-3-8-16(17)13-19(15)18;;;/h1-6,8-11H,7,12-13H2;2*1H;/q;;;+4/p-2. The Balaban J connectivity index is 0.000000807. The number of hydrogen-bond donors (Lipinski definition) is 0. The molecule has 4 rings (SSSR count). The number of fused-ring (bicyclic) bond motifs is 3. The molecule has 0 amide bonds. The van der Waals surface area contributed by atoms with E-state index >= 15 is 0 Å². The maximum atomic E-state index is 2.30. The smallest absolute Gasteiger partial charge is 1.00 e. The Kier molecular flexibility index (Phi) is 7.31. The summed E-state index contributed by atoms with van der Waals surface area (Å²) in [5, 5.41) is 0. The van der Waals surface area contributed by atoms with Crippen LogP contribution in [0.4, 0.5) is 0 Å². The molecule has 0 bridgehead atoms. The van der Waals surface area contributed by atoms with Crippen molar-refractivity contribution in [2.45, 2.75) is 19.3 Å². The second-order valence-electron chi connectivity index (χ2n) is 5.41. The molecule has 2 aliphatic rings. The van der Waals surface area contributed by atoms with Crippen LogP contribution in [0.3, 0.4) is 0 Å². The molecule has 0 saturated carbocycles. The minimum atomic E-state index is 0. The van der Waals surface area contributed by atoms with Crippen molar-refractivity contribution in [1.29, 1.82) is 0 Å². The summed E-state index contributed by atoms with van der Waals surface area (Å²) in [5.74, 6) is 0. The zero-order valence-electron chi connectivity index (χ0n) is 12.2. The first kappa shape index (κ1) is 19.4. The van der Waals surface area contributed by atoms with Crippen molar-refractivity contribution in [2.75, 3.05) is 0 Å². The molecule has 0 N–H and O–H groups in total. The van der Waals surface area contributed by atoms with Gasteiger partial charge >= 0.3 is 25.8 Å². The Morgan fingerprint density at radius 3 is 2.41 bits per heavy atom. The third kappa shape index (κ3) is 3.48. The van der Waals surface area contributed by atoms with Crippen LogP contribution in [0.15, 0.2) is 66.3 Å². The molecule has 0 radical (unpaired) electrons. The van der Waals surface area contributed by atoms with E-state index in [4.69, 9.17) is 0 Å². The van der Waals surface area contributed by atoms with Gasteiger partial charge in [-0.1, -0.05) is 66.3 Å². The van der Waals surface area contributed by atoms with E-state index in [1.54, 1.807) is 0 Å². The molecule has 0 heterocycles. The maximum absolute atomic E-state index is 2.30. The Bertz CT molecular complexity index is 717. The van der Waals surface area contributed by atoms with Gasteiger partial charge in [-0.15, -0.1) is 0 Å². The molecule has 2 aromatic rings. The fraction of sp³-hybridized carbons (Fsp3) is 0.158. The van der Waals surface area contributed by atoms with Gasteiger partial charge in [0.05, 0.1) is 0 Å². The zero-order valence-corrected chi connectivity index (χ0v) is 17.3. The van der Waals surface area contributed by atoms with Crippen LogP contribution in [0.5, 0.6) is 0 Å². The Morgan fingerprint density at radius 2 is 1.64 bits per heavy atom. The summed E-state index contributed by atoms with van der Waals surface area (Å²) in [6, 6.07) is 15.6. The van der Waals surface area contributed by atoms with Crippen LogP contribution in [0.1, 0.15) is 23.1 Å². The Morgan fingerprint density at radius 1 is 0.864 bits per heavy atom. The largest absolute Gasteiger partial charge is 4.00 e. The molecule has 0 nitrogen and oxygen atoms in total. The molecule has 108 valence electrons. The average Bonchev–Trinajstić information content (AvgIpc) is 3.06. The quantitative estimate of drug-likeness (QED) is 0.389. The number of rotatable bonds is 2. The van der Waals surface area contributed by atoms with Gasteiger partial charge in [-0.3, -0.25) is 0 Å². The van der Waals surface area contributed by atoms with Crippen molar-refractivity contribution in [3.63, 3.8) is 0 Å². The van der Waals surface area contributed by atoms with E-state index in [1.807, 2.05) is 0 Å². The predicted molar refractivity (Wildman–Crippen MR) is 80.2 cm³/mol. The van der Waals surface area contributed by atoms with Gasteiger partial charge in [-0.2, -0.15) is 0 Å². The molecule has 2 aliphatic carbocycles. The molecule has 0 aromatic heterocycles. The molecular weight excluding hydrogens is 478 g/mol. The Hall–Kier alpha value is -0.630.